The number of benzene rings is 2. The number of aromatic hydroxyl groups is 1. The van der Waals surface area contributed by atoms with Gasteiger partial charge in [0.25, 0.3) is 5.95 Å². The van der Waals surface area contributed by atoms with Gasteiger partial charge in [0.1, 0.15) is 12.3 Å². The molecule has 10 heteroatoms. The quantitative estimate of drug-likeness (QED) is 0.294. The number of phenols is 1. The first kappa shape index (κ1) is 25.2. The summed E-state index contributed by atoms with van der Waals surface area (Å²) in [6.07, 6.45) is 1.12. The van der Waals surface area contributed by atoms with E-state index in [4.69, 9.17) is 4.74 Å². The van der Waals surface area contributed by atoms with Crippen molar-refractivity contribution in [1.29, 1.82) is 0 Å². The molecule has 0 bridgehead atoms. The number of hydrogen-bond acceptors (Lipinski definition) is 9. The third kappa shape index (κ3) is 6.09. The molecule has 1 fully saturated rings. The maximum atomic E-state index is 14.3. The number of ether oxygens (including phenoxy) is 1. The number of aromatic nitrogens is 3. The van der Waals surface area contributed by atoms with E-state index < -0.39 is 5.82 Å². The predicted molar refractivity (Wildman–Crippen MR) is 144 cm³/mol. The van der Waals surface area contributed by atoms with Crippen LogP contribution in [0.1, 0.15) is 18.3 Å². The summed E-state index contributed by atoms with van der Waals surface area (Å²) in [7, 11) is 0. The second kappa shape index (κ2) is 11.3. The smallest absolute Gasteiger partial charge is 0.270 e. The number of aryl methyl sites for hydroxylation is 1. The molecule has 4 aromatic rings. The molecule has 0 amide bonds. The van der Waals surface area contributed by atoms with E-state index >= 15 is 0 Å². The summed E-state index contributed by atoms with van der Waals surface area (Å²) in [5.74, 6) is 0.0595. The highest BCUT2D eigenvalue weighted by Crippen LogP contribution is 2.27. The molecule has 2 aromatic carbocycles. The van der Waals surface area contributed by atoms with Gasteiger partial charge in [-0.2, -0.15) is 10.1 Å². The van der Waals surface area contributed by atoms with Crippen LogP contribution in [-0.4, -0.2) is 45.9 Å². The number of rotatable bonds is 7. The summed E-state index contributed by atoms with van der Waals surface area (Å²) >= 11 is 0. The molecule has 9 nitrogen and oxygen atoms in total. The lowest BCUT2D eigenvalue weighted by Gasteiger charge is -2.31. The second-order valence-corrected chi connectivity index (χ2v) is 9.06. The molecule has 1 aliphatic heterocycles. The van der Waals surface area contributed by atoms with Gasteiger partial charge in [0.15, 0.2) is 11.6 Å². The Balaban J connectivity index is 1.21. The Morgan fingerprint density at radius 1 is 1.11 bits per heavy atom. The lowest BCUT2D eigenvalue weighted by molar-refractivity contribution is 0.0527. The summed E-state index contributed by atoms with van der Waals surface area (Å²) in [5, 5.41) is 21.4. The van der Waals surface area contributed by atoms with E-state index in [1.807, 2.05) is 67.3 Å². The summed E-state index contributed by atoms with van der Waals surface area (Å²) < 4.78 is 19.8. The Bertz CT molecular complexity index is 1450. The zero-order valence-electron chi connectivity index (χ0n) is 21.2. The molecule has 2 N–H and O–H groups in total. The van der Waals surface area contributed by atoms with E-state index in [-0.39, 0.29) is 30.2 Å². The molecular weight excluding hydrogens is 485 g/mol. The van der Waals surface area contributed by atoms with Crippen LogP contribution in [-0.2, 0) is 11.3 Å². The maximum Gasteiger partial charge on any atom is 0.270 e. The second-order valence-electron chi connectivity index (χ2n) is 9.06. The van der Waals surface area contributed by atoms with Crippen LogP contribution < -0.4 is 10.2 Å². The van der Waals surface area contributed by atoms with Gasteiger partial charge in [-0.3, -0.25) is 4.98 Å². The molecule has 0 spiro atoms. The maximum absolute atomic E-state index is 14.3. The third-order valence-corrected chi connectivity index (χ3v) is 6.13. The minimum Gasteiger partial charge on any atom is -0.508 e. The van der Waals surface area contributed by atoms with Crippen molar-refractivity contribution in [3.8, 4) is 16.9 Å². The van der Waals surface area contributed by atoms with Gasteiger partial charge < -0.3 is 20.1 Å². The molecule has 2 aromatic heterocycles. The number of hydrogen-bond donors (Lipinski definition) is 2. The highest BCUT2D eigenvalue weighted by atomic mass is 19.1. The van der Waals surface area contributed by atoms with Crippen molar-refractivity contribution in [3.63, 3.8) is 0 Å². The first-order chi connectivity index (χ1) is 18.4. The number of anilines is 3. The minimum absolute atomic E-state index is 0.000906. The average Bonchev–Trinajstić information content (AvgIpc) is 2.91. The molecule has 38 heavy (non-hydrogen) atoms. The summed E-state index contributed by atoms with van der Waals surface area (Å²) in [6.45, 7) is 5.72. The van der Waals surface area contributed by atoms with Crippen LogP contribution in [0, 0.1) is 12.7 Å². The van der Waals surface area contributed by atoms with Crippen molar-refractivity contribution in [1.82, 2.24) is 15.0 Å². The van der Waals surface area contributed by atoms with Gasteiger partial charge >= 0.3 is 0 Å². The number of pyridine rings is 1. The molecular formula is C28H28FN7O2. The largest absolute Gasteiger partial charge is 0.508 e. The molecule has 1 aliphatic rings. The van der Waals surface area contributed by atoms with E-state index in [0.29, 0.717) is 19.7 Å². The van der Waals surface area contributed by atoms with Crippen LogP contribution in [0.2, 0.25) is 0 Å². The van der Waals surface area contributed by atoms with Crippen LogP contribution in [0.4, 0.5) is 27.5 Å². The standard InChI is InChI=1S/C28H28FN7O2/c1-18-17-36(12-13-38-18)27-25(29)16-30-28(34-27)35-31-15-23-10-11-26(19(2)32-23)33-22-8-6-20(7-9-22)21-4-3-5-24(37)14-21/h3-11,14,16,18,33,37H,12-13,15,17H2,1-2H3. The highest BCUT2D eigenvalue weighted by Gasteiger charge is 2.21. The first-order valence-corrected chi connectivity index (χ1v) is 12.3. The van der Waals surface area contributed by atoms with Gasteiger partial charge in [0.2, 0.25) is 0 Å². The van der Waals surface area contributed by atoms with Gasteiger partial charge in [-0.05, 0) is 61.4 Å². The van der Waals surface area contributed by atoms with Crippen molar-refractivity contribution in [3.05, 3.63) is 84.1 Å². The topological polar surface area (TPSA) is 108 Å². The Morgan fingerprint density at radius 2 is 1.95 bits per heavy atom. The molecule has 0 saturated carbocycles. The normalized spacial score (nSPS) is 15.7. The Labute approximate surface area is 220 Å². The molecule has 1 saturated heterocycles. The van der Waals surface area contributed by atoms with Gasteiger partial charge in [0.05, 0.1) is 36.0 Å². The van der Waals surface area contributed by atoms with E-state index in [0.717, 1.165) is 40.1 Å². The fourth-order valence-electron chi connectivity index (χ4n) is 4.22. The zero-order chi connectivity index (χ0) is 26.5. The number of phenolic OH excluding ortho intramolecular Hbond substituents is 1. The van der Waals surface area contributed by atoms with Gasteiger partial charge in [-0.1, -0.05) is 24.3 Å². The van der Waals surface area contributed by atoms with Gasteiger partial charge in [0, 0.05) is 18.8 Å². The molecule has 1 atom stereocenters. The van der Waals surface area contributed by atoms with E-state index in [2.05, 4.69) is 30.5 Å². The number of nitrogens with zero attached hydrogens (tertiary/aromatic N) is 6. The van der Waals surface area contributed by atoms with Crippen LogP contribution in [0.5, 0.6) is 5.75 Å². The van der Waals surface area contributed by atoms with Crippen molar-refractivity contribution < 1.29 is 14.2 Å². The number of halogens is 1. The van der Waals surface area contributed by atoms with Crippen molar-refractivity contribution >= 4 is 23.1 Å². The van der Waals surface area contributed by atoms with E-state index in [1.165, 1.54) is 0 Å². The van der Waals surface area contributed by atoms with E-state index in [9.17, 15) is 9.50 Å². The van der Waals surface area contributed by atoms with Crippen molar-refractivity contribution in [2.24, 2.45) is 10.2 Å². The van der Waals surface area contributed by atoms with Crippen LogP contribution in [0.25, 0.3) is 11.1 Å². The fraction of sp³-hybridized carbons (Fsp3) is 0.250. The highest BCUT2D eigenvalue weighted by molar-refractivity contribution is 5.69. The SMILES string of the molecule is Cc1nc(CN=Nc2ncc(F)c(N3CCOC(C)C3)n2)ccc1Nc1ccc(-c2cccc(O)c2)cc1. The number of azo groups is 1. The van der Waals surface area contributed by atoms with E-state index in [1.54, 1.807) is 12.1 Å². The number of nitrogens with one attached hydrogen (secondary N) is 1. The first-order valence-electron chi connectivity index (χ1n) is 12.3. The summed E-state index contributed by atoms with van der Waals surface area (Å²) in [5.41, 5.74) is 5.31. The average molecular weight is 514 g/mol. The van der Waals surface area contributed by atoms with Crippen LogP contribution in [0.15, 0.2) is 77.1 Å². The fourth-order valence-corrected chi connectivity index (χ4v) is 4.22. The van der Waals surface area contributed by atoms with Crippen LogP contribution in [0.3, 0.4) is 0 Å². The molecule has 3 heterocycles. The molecule has 0 radical (unpaired) electrons. The van der Waals surface area contributed by atoms with Crippen molar-refractivity contribution in [2.75, 3.05) is 29.9 Å². The van der Waals surface area contributed by atoms with Crippen LogP contribution >= 0.6 is 0 Å². The minimum atomic E-state index is -0.493. The lowest BCUT2D eigenvalue weighted by Crippen LogP contribution is -2.42. The van der Waals surface area contributed by atoms with Gasteiger partial charge in [-0.25, -0.2) is 9.37 Å². The third-order valence-electron chi connectivity index (χ3n) is 6.13. The molecule has 5 rings (SSSR count). The zero-order valence-corrected chi connectivity index (χ0v) is 21.2. The monoisotopic (exact) mass is 513 g/mol. The summed E-state index contributed by atoms with van der Waals surface area (Å²) in [4.78, 5) is 14.7. The van der Waals surface area contributed by atoms with Gasteiger partial charge in [-0.15, -0.1) is 5.11 Å². The van der Waals surface area contributed by atoms with Crippen molar-refractivity contribution in [2.45, 2.75) is 26.5 Å². The predicted octanol–water partition coefficient (Wildman–Crippen LogP) is 5.94. The summed E-state index contributed by atoms with van der Waals surface area (Å²) in [6, 6.07) is 18.9. The number of morpholine rings is 1. The molecule has 1 unspecified atom stereocenters. The Hall–Kier alpha value is -4.44. The lowest BCUT2D eigenvalue weighted by atomic mass is 10.1. The Morgan fingerprint density at radius 3 is 2.71 bits per heavy atom. The molecule has 194 valence electrons. The molecule has 0 aliphatic carbocycles. The Kier molecular flexibility index (Phi) is 7.50.